The molecule has 6 rings (SSSR count). The summed E-state index contributed by atoms with van der Waals surface area (Å²) >= 11 is 0. The van der Waals surface area contributed by atoms with Gasteiger partial charge in [-0.1, -0.05) is 0 Å². The fourth-order valence-electron chi connectivity index (χ4n) is 5.24. The SMILES string of the molecule is C[C@H](CO)Nc1[nH]nc2c1C(Oc1ccc(NC(=O)c3cc4c(n(-c5ccc(F)cc5)c3=O)CCCC4=O)cc1F)=CCN2. The lowest BCUT2D eigenvalue weighted by molar-refractivity contribution is 0.0971. The molecule has 0 spiro atoms. The number of hydrogen-bond acceptors (Lipinski definition) is 8. The summed E-state index contributed by atoms with van der Waals surface area (Å²) in [4.78, 5) is 39.7. The molecule has 44 heavy (non-hydrogen) atoms. The number of aromatic amines is 1. The second-order valence-corrected chi connectivity index (χ2v) is 10.5. The minimum absolute atomic E-state index is 0.0547. The molecule has 2 aromatic carbocycles. The summed E-state index contributed by atoms with van der Waals surface area (Å²) in [5.74, 6) is -1.13. The molecule has 1 amide bonds. The number of amides is 1. The van der Waals surface area contributed by atoms with E-state index >= 15 is 4.39 Å². The van der Waals surface area contributed by atoms with Crippen LogP contribution < -0.4 is 26.2 Å². The highest BCUT2D eigenvalue weighted by Gasteiger charge is 2.27. The highest BCUT2D eigenvalue weighted by atomic mass is 19.1. The molecule has 1 aliphatic carbocycles. The molecule has 1 atom stereocenters. The molecule has 5 N–H and O–H groups in total. The molecule has 0 fully saturated rings. The highest BCUT2D eigenvalue weighted by molar-refractivity contribution is 6.07. The third-order valence-corrected chi connectivity index (χ3v) is 7.39. The Morgan fingerprint density at radius 1 is 1.14 bits per heavy atom. The number of nitrogens with one attached hydrogen (secondary N) is 4. The fraction of sp³-hybridized carbons (Fsp3) is 0.226. The third-order valence-electron chi connectivity index (χ3n) is 7.39. The topological polar surface area (TPSA) is 150 Å². The molecule has 11 nitrogen and oxygen atoms in total. The van der Waals surface area contributed by atoms with Gasteiger partial charge in [-0.15, -0.1) is 0 Å². The maximum Gasteiger partial charge on any atom is 0.268 e. The first-order valence-corrected chi connectivity index (χ1v) is 14.0. The Balaban J connectivity index is 1.27. The molecular formula is C31H28F2N6O5. The van der Waals surface area contributed by atoms with Gasteiger partial charge in [0.05, 0.1) is 6.61 Å². The molecule has 2 aromatic heterocycles. The van der Waals surface area contributed by atoms with Gasteiger partial charge in [-0.2, -0.15) is 5.10 Å². The van der Waals surface area contributed by atoms with Gasteiger partial charge >= 0.3 is 0 Å². The number of rotatable bonds is 8. The van der Waals surface area contributed by atoms with Crippen molar-refractivity contribution in [3.05, 3.63) is 99.0 Å². The van der Waals surface area contributed by atoms with Gasteiger partial charge in [-0.3, -0.25) is 24.0 Å². The van der Waals surface area contributed by atoms with Crippen molar-refractivity contribution in [2.45, 2.75) is 32.2 Å². The molecule has 0 unspecified atom stereocenters. The molecule has 0 radical (unpaired) electrons. The van der Waals surface area contributed by atoms with Crippen LogP contribution in [0.5, 0.6) is 5.75 Å². The Hall–Kier alpha value is -5.30. The van der Waals surface area contributed by atoms with Crippen molar-refractivity contribution >= 4 is 34.8 Å². The first-order chi connectivity index (χ1) is 21.2. The zero-order valence-electron chi connectivity index (χ0n) is 23.5. The molecular weight excluding hydrogens is 574 g/mol. The van der Waals surface area contributed by atoms with Crippen LogP contribution >= 0.6 is 0 Å². The summed E-state index contributed by atoms with van der Waals surface area (Å²) in [5.41, 5.74) is 0.620. The van der Waals surface area contributed by atoms with Gasteiger partial charge in [0, 0.05) is 47.7 Å². The number of nitrogens with zero attached hydrogens (tertiary/aromatic N) is 2. The molecule has 1 aliphatic heterocycles. The third kappa shape index (κ3) is 5.44. The lowest BCUT2D eigenvalue weighted by Crippen LogP contribution is -2.33. The summed E-state index contributed by atoms with van der Waals surface area (Å²) < 4.78 is 36.0. The predicted octanol–water partition coefficient (Wildman–Crippen LogP) is 4.25. The number of H-pyrrole nitrogens is 1. The Bertz CT molecular complexity index is 1860. The van der Waals surface area contributed by atoms with E-state index in [1.54, 1.807) is 13.0 Å². The van der Waals surface area contributed by atoms with Crippen molar-refractivity contribution in [3.8, 4) is 11.4 Å². The molecule has 0 saturated heterocycles. The van der Waals surface area contributed by atoms with Gasteiger partial charge in [0.25, 0.3) is 11.5 Å². The number of aliphatic hydroxyl groups is 1. The van der Waals surface area contributed by atoms with Crippen molar-refractivity contribution in [3.63, 3.8) is 0 Å². The number of hydrogen-bond donors (Lipinski definition) is 5. The standard InChI is InChI=1S/C31H28F2N6O5/c1-16(15-40)35-29-27-26(11-12-34-28(27)37-38-29)44-25-10-7-18(13-22(25)33)36-30(42)21-14-20-23(3-2-4-24(20)41)39(31(21)43)19-8-5-17(32)6-9-19/h5-11,13-14,16,40H,2-4,12,15H2,1H3,(H,36,42)(H3,34,35,37,38)/t16-/m1/s1. The molecule has 0 saturated carbocycles. The van der Waals surface area contributed by atoms with Gasteiger partial charge in [0.2, 0.25) is 0 Å². The second-order valence-electron chi connectivity index (χ2n) is 10.5. The summed E-state index contributed by atoms with van der Waals surface area (Å²) in [5, 5.41) is 25.1. The van der Waals surface area contributed by atoms with Crippen molar-refractivity contribution < 1.29 is 28.2 Å². The molecule has 0 bridgehead atoms. The van der Waals surface area contributed by atoms with E-state index in [1.165, 1.54) is 47.0 Å². The average Bonchev–Trinajstić information content (AvgIpc) is 3.42. The Morgan fingerprint density at radius 2 is 1.93 bits per heavy atom. The number of aliphatic hydroxyl groups excluding tert-OH is 1. The number of benzene rings is 2. The van der Waals surface area contributed by atoms with Crippen molar-refractivity contribution in [2.24, 2.45) is 0 Å². The van der Waals surface area contributed by atoms with Crippen LogP contribution in [0.4, 0.5) is 26.1 Å². The molecule has 2 aliphatic rings. The number of halogens is 2. The average molecular weight is 603 g/mol. The number of Topliss-reactive ketones (excluding diaryl/α,β-unsaturated/α-hetero) is 1. The number of carbonyl (C=O) groups excluding carboxylic acids is 2. The Kier molecular flexibility index (Phi) is 7.70. The van der Waals surface area contributed by atoms with Crippen LogP contribution in [0, 0.1) is 11.6 Å². The zero-order chi connectivity index (χ0) is 31.0. The van der Waals surface area contributed by atoms with E-state index < -0.39 is 23.1 Å². The molecule has 3 heterocycles. The maximum atomic E-state index is 15.3. The van der Waals surface area contributed by atoms with Gasteiger partial charge in [-0.25, -0.2) is 8.78 Å². The zero-order valence-corrected chi connectivity index (χ0v) is 23.5. The van der Waals surface area contributed by atoms with E-state index in [9.17, 15) is 23.9 Å². The van der Waals surface area contributed by atoms with E-state index in [2.05, 4.69) is 26.1 Å². The first kappa shape index (κ1) is 28.8. The van der Waals surface area contributed by atoms with Crippen LogP contribution in [0.15, 0.2) is 59.4 Å². The maximum absolute atomic E-state index is 15.3. The van der Waals surface area contributed by atoms with Gasteiger partial charge in [0.15, 0.2) is 23.2 Å². The Labute approximate surface area is 249 Å². The predicted molar refractivity (Wildman–Crippen MR) is 159 cm³/mol. The summed E-state index contributed by atoms with van der Waals surface area (Å²) in [6, 6.07) is 10.0. The lowest BCUT2D eigenvalue weighted by Gasteiger charge is -2.21. The second kappa shape index (κ2) is 11.8. The largest absolute Gasteiger partial charge is 0.454 e. The van der Waals surface area contributed by atoms with Crippen molar-refractivity contribution in [2.75, 3.05) is 29.1 Å². The van der Waals surface area contributed by atoms with Crippen LogP contribution in [0.3, 0.4) is 0 Å². The van der Waals surface area contributed by atoms with E-state index in [4.69, 9.17) is 4.74 Å². The van der Waals surface area contributed by atoms with E-state index in [0.717, 1.165) is 6.07 Å². The number of carbonyl (C=O) groups is 2. The smallest absolute Gasteiger partial charge is 0.268 e. The number of aromatic nitrogens is 3. The number of anilines is 3. The number of pyridine rings is 1. The molecule has 13 heteroatoms. The molecule has 226 valence electrons. The quantitative estimate of drug-likeness (QED) is 0.201. The minimum atomic E-state index is -0.835. The minimum Gasteiger partial charge on any atom is -0.454 e. The first-order valence-electron chi connectivity index (χ1n) is 14.0. The Morgan fingerprint density at radius 3 is 2.68 bits per heavy atom. The molecule has 4 aromatic rings. The van der Waals surface area contributed by atoms with Gasteiger partial charge in [0.1, 0.15) is 28.5 Å². The number of ketones is 1. The van der Waals surface area contributed by atoms with Crippen LogP contribution in [-0.2, 0) is 6.42 Å². The van der Waals surface area contributed by atoms with Gasteiger partial charge in [-0.05, 0) is 68.3 Å². The summed E-state index contributed by atoms with van der Waals surface area (Å²) in [7, 11) is 0. The number of fused-ring (bicyclic) bond motifs is 2. The summed E-state index contributed by atoms with van der Waals surface area (Å²) in [6.07, 6.45) is 2.96. The van der Waals surface area contributed by atoms with Crippen LogP contribution in [0.2, 0.25) is 0 Å². The van der Waals surface area contributed by atoms with Crippen LogP contribution in [-0.4, -0.2) is 50.8 Å². The number of ether oxygens (including phenoxy) is 1. The monoisotopic (exact) mass is 602 g/mol. The van der Waals surface area contributed by atoms with E-state index in [-0.39, 0.29) is 47.4 Å². The van der Waals surface area contributed by atoms with E-state index in [0.29, 0.717) is 53.7 Å². The fourth-order valence-corrected chi connectivity index (χ4v) is 5.24. The normalized spacial score (nSPS) is 14.5. The van der Waals surface area contributed by atoms with Crippen molar-refractivity contribution in [1.29, 1.82) is 0 Å². The van der Waals surface area contributed by atoms with Crippen molar-refractivity contribution in [1.82, 2.24) is 14.8 Å². The van der Waals surface area contributed by atoms with Gasteiger partial charge < -0.3 is 25.8 Å². The van der Waals surface area contributed by atoms with E-state index in [1.807, 2.05) is 0 Å². The van der Waals surface area contributed by atoms with Crippen LogP contribution in [0.25, 0.3) is 11.4 Å². The van der Waals surface area contributed by atoms with Crippen LogP contribution in [0.1, 0.15) is 51.7 Å². The highest BCUT2D eigenvalue weighted by Crippen LogP contribution is 2.35. The summed E-state index contributed by atoms with van der Waals surface area (Å²) in [6.45, 7) is 2.04. The lowest BCUT2D eigenvalue weighted by atomic mass is 9.92.